The number of hydrogen-bond acceptors (Lipinski definition) is 5. The van der Waals surface area contributed by atoms with Gasteiger partial charge in [-0.05, 0) is 35.8 Å². The van der Waals surface area contributed by atoms with Crippen molar-refractivity contribution in [3.63, 3.8) is 0 Å². The Hall–Kier alpha value is -0.850. The van der Waals surface area contributed by atoms with E-state index in [9.17, 15) is 0 Å². The van der Waals surface area contributed by atoms with Gasteiger partial charge in [-0.2, -0.15) is 0 Å². The van der Waals surface area contributed by atoms with Gasteiger partial charge in [0.15, 0.2) is 5.82 Å². The lowest BCUT2D eigenvalue weighted by Gasteiger charge is -2.24. The topological polar surface area (TPSA) is 60.6 Å². The summed E-state index contributed by atoms with van der Waals surface area (Å²) in [5.74, 6) is 0.780. The quantitative estimate of drug-likeness (QED) is 0.703. The van der Waals surface area contributed by atoms with Crippen LogP contribution < -0.4 is 10.6 Å². The Balaban J connectivity index is 2.69. The summed E-state index contributed by atoms with van der Waals surface area (Å²) in [7, 11) is 0. The van der Waals surface area contributed by atoms with E-state index in [2.05, 4.69) is 25.8 Å². The van der Waals surface area contributed by atoms with E-state index in [4.69, 9.17) is 15.2 Å². The molecule has 0 unspecified atom stereocenters. The maximum Gasteiger partial charge on any atom is 0.152 e. The Morgan fingerprint density at radius 1 is 1.21 bits per heavy atom. The molecule has 6 heteroatoms. The van der Waals surface area contributed by atoms with Gasteiger partial charge in [-0.1, -0.05) is 0 Å². The van der Waals surface area contributed by atoms with Gasteiger partial charge in [0, 0.05) is 37.0 Å². The zero-order chi connectivity index (χ0) is 14.1. The molecule has 0 radical (unpaired) electrons. The molecular formula is C13H22BrN3O2. The number of anilines is 2. The second-order valence-electron chi connectivity index (χ2n) is 3.95. The molecule has 0 amide bonds. The zero-order valence-electron chi connectivity index (χ0n) is 11.6. The van der Waals surface area contributed by atoms with Crippen LogP contribution in [-0.2, 0) is 9.47 Å². The molecular weight excluding hydrogens is 310 g/mol. The summed E-state index contributed by atoms with van der Waals surface area (Å²) in [5, 5.41) is 0. The van der Waals surface area contributed by atoms with Crippen molar-refractivity contribution in [3.05, 3.63) is 16.7 Å². The summed E-state index contributed by atoms with van der Waals surface area (Å²) in [6.45, 7) is 8.19. The van der Waals surface area contributed by atoms with Crippen molar-refractivity contribution in [2.24, 2.45) is 0 Å². The molecule has 0 aliphatic rings. The molecule has 0 aliphatic heterocycles. The summed E-state index contributed by atoms with van der Waals surface area (Å²) in [6.07, 6.45) is 1.75. The van der Waals surface area contributed by atoms with Crippen LogP contribution in [0.4, 0.5) is 11.5 Å². The number of nitrogen functional groups attached to an aromatic ring is 1. The van der Waals surface area contributed by atoms with Gasteiger partial charge in [0.25, 0.3) is 0 Å². The maximum atomic E-state index is 6.01. The van der Waals surface area contributed by atoms with Crippen LogP contribution in [0, 0.1) is 0 Å². The van der Waals surface area contributed by atoms with Gasteiger partial charge in [-0.25, -0.2) is 4.98 Å². The van der Waals surface area contributed by atoms with Crippen molar-refractivity contribution >= 4 is 27.4 Å². The molecule has 1 heterocycles. The molecule has 2 N–H and O–H groups in total. The molecule has 0 saturated carbocycles. The maximum absolute atomic E-state index is 6.01. The van der Waals surface area contributed by atoms with Crippen molar-refractivity contribution in [3.8, 4) is 0 Å². The largest absolute Gasteiger partial charge is 0.396 e. The molecule has 108 valence electrons. The molecule has 0 aromatic carbocycles. The van der Waals surface area contributed by atoms with Crippen molar-refractivity contribution < 1.29 is 9.47 Å². The molecule has 1 aromatic heterocycles. The van der Waals surface area contributed by atoms with E-state index >= 15 is 0 Å². The van der Waals surface area contributed by atoms with Crippen molar-refractivity contribution in [2.45, 2.75) is 13.8 Å². The van der Waals surface area contributed by atoms with E-state index < -0.39 is 0 Å². The molecule has 0 atom stereocenters. The third kappa shape index (κ3) is 5.76. The van der Waals surface area contributed by atoms with E-state index in [1.807, 2.05) is 19.9 Å². The Labute approximate surface area is 123 Å². The molecule has 0 saturated heterocycles. The van der Waals surface area contributed by atoms with Crippen LogP contribution in [0.15, 0.2) is 16.7 Å². The minimum Gasteiger partial charge on any atom is -0.396 e. The van der Waals surface area contributed by atoms with Gasteiger partial charge in [0.2, 0.25) is 0 Å². The van der Waals surface area contributed by atoms with Gasteiger partial charge < -0.3 is 20.1 Å². The lowest BCUT2D eigenvalue weighted by molar-refractivity contribution is 0.141. The number of rotatable bonds is 9. The molecule has 1 rings (SSSR count). The number of halogens is 1. The third-order valence-electron chi connectivity index (χ3n) is 2.58. The first-order valence-corrected chi connectivity index (χ1v) is 7.29. The first kappa shape index (κ1) is 16.2. The number of ether oxygens (including phenoxy) is 2. The molecule has 0 fully saturated rings. The van der Waals surface area contributed by atoms with Crippen LogP contribution in [0.1, 0.15) is 13.8 Å². The van der Waals surface area contributed by atoms with E-state index in [1.165, 1.54) is 0 Å². The number of nitrogens with two attached hydrogens (primary N) is 1. The van der Waals surface area contributed by atoms with Crippen molar-refractivity contribution in [1.29, 1.82) is 0 Å². The van der Waals surface area contributed by atoms with Gasteiger partial charge in [0.05, 0.1) is 18.9 Å². The summed E-state index contributed by atoms with van der Waals surface area (Å²) in [5.41, 5.74) is 6.67. The predicted molar refractivity (Wildman–Crippen MR) is 81.5 cm³/mol. The second-order valence-corrected chi connectivity index (χ2v) is 4.86. The number of hydrogen-bond donors (Lipinski definition) is 1. The van der Waals surface area contributed by atoms with Crippen LogP contribution in [0.2, 0.25) is 0 Å². The van der Waals surface area contributed by atoms with Crippen molar-refractivity contribution in [2.75, 3.05) is 50.2 Å². The molecule has 5 nitrogen and oxygen atoms in total. The second kappa shape index (κ2) is 9.12. The monoisotopic (exact) mass is 331 g/mol. The summed E-state index contributed by atoms with van der Waals surface area (Å²) in [4.78, 5) is 6.47. The number of aromatic nitrogens is 1. The fourth-order valence-electron chi connectivity index (χ4n) is 1.67. The normalized spacial score (nSPS) is 10.7. The highest BCUT2D eigenvalue weighted by atomic mass is 79.9. The predicted octanol–water partition coefficient (Wildman–Crippen LogP) is 2.31. The fourth-order valence-corrected chi connectivity index (χ4v) is 2.02. The Morgan fingerprint density at radius 3 is 2.26 bits per heavy atom. The van der Waals surface area contributed by atoms with Crippen LogP contribution in [-0.4, -0.2) is 44.5 Å². The standard InChI is InChI=1S/C13H22BrN3O2/c1-3-18-7-5-17(6-8-19-4-2)13-12(15)9-11(14)10-16-13/h9-10H,3-8,15H2,1-2H3. The zero-order valence-corrected chi connectivity index (χ0v) is 13.1. The highest BCUT2D eigenvalue weighted by Crippen LogP contribution is 2.23. The van der Waals surface area contributed by atoms with Crippen LogP contribution in [0.25, 0.3) is 0 Å². The number of pyridine rings is 1. The Kier molecular flexibility index (Phi) is 7.78. The highest BCUT2D eigenvalue weighted by molar-refractivity contribution is 9.10. The smallest absolute Gasteiger partial charge is 0.152 e. The van der Waals surface area contributed by atoms with Crippen molar-refractivity contribution in [1.82, 2.24) is 4.98 Å². The number of nitrogens with zero attached hydrogens (tertiary/aromatic N) is 2. The highest BCUT2D eigenvalue weighted by Gasteiger charge is 2.11. The van der Waals surface area contributed by atoms with E-state index in [-0.39, 0.29) is 0 Å². The van der Waals surface area contributed by atoms with Crippen LogP contribution >= 0.6 is 15.9 Å². The first-order chi connectivity index (χ1) is 9.19. The fraction of sp³-hybridized carbons (Fsp3) is 0.615. The Morgan fingerprint density at radius 2 is 1.79 bits per heavy atom. The van der Waals surface area contributed by atoms with Crippen LogP contribution in [0.3, 0.4) is 0 Å². The minimum absolute atomic E-state index is 0.653. The summed E-state index contributed by atoms with van der Waals surface area (Å²) >= 11 is 3.36. The summed E-state index contributed by atoms with van der Waals surface area (Å²) < 4.78 is 11.7. The molecule has 0 aliphatic carbocycles. The average molecular weight is 332 g/mol. The van der Waals surface area contributed by atoms with E-state index in [0.29, 0.717) is 32.1 Å². The summed E-state index contributed by atoms with van der Waals surface area (Å²) in [6, 6.07) is 1.86. The molecule has 0 spiro atoms. The van der Waals surface area contributed by atoms with Gasteiger partial charge >= 0.3 is 0 Å². The van der Waals surface area contributed by atoms with Crippen LogP contribution in [0.5, 0.6) is 0 Å². The molecule has 19 heavy (non-hydrogen) atoms. The van der Waals surface area contributed by atoms with E-state index in [0.717, 1.165) is 23.4 Å². The molecule has 0 bridgehead atoms. The average Bonchev–Trinajstić information content (AvgIpc) is 2.38. The minimum atomic E-state index is 0.653. The van der Waals surface area contributed by atoms with Gasteiger partial charge in [-0.3, -0.25) is 0 Å². The van der Waals surface area contributed by atoms with Gasteiger partial charge in [0.1, 0.15) is 0 Å². The van der Waals surface area contributed by atoms with E-state index in [1.54, 1.807) is 6.20 Å². The lowest BCUT2D eigenvalue weighted by atomic mass is 10.3. The van der Waals surface area contributed by atoms with Gasteiger partial charge in [-0.15, -0.1) is 0 Å². The lowest BCUT2D eigenvalue weighted by Crippen LogP contribution is -2.32. The third-order valence-corrected chi connectivity index (χ3v) is 3.01. The Bertz CT molecular complexity index is 367. The SMILES string of the molecule is CCOCCN(CCOCC)c1ncc(Br)cc1N. The first-order valence-electron chi connectivity index (χ1n) is 6.50. The molecule has 1 aromatic rings.